The molecule has 3 heterocycles. The number of piperidine rings is 1. The van der Waals surface area contributed by atoms with Crippen LogP contribution in [0.4, 0.5) is 0 Å². The number of ether oxygens (including phenoxy) is 1. The van der Waals surface area contributed by atoms with Crippen LogP contribution in [-0.4, -0.2) is 60.0 Å². The fraction of sp³-hybridized carbons (Fsp3) is 0.500. The van der Waals surface area contributed by atoms with Gasteiger partial charge < -0.3 is 14.5 Å². The molecule has 2 saturated heterocycles. The van der Waals surface area contributed by atoms with Crippen LogP contribution in [0.1, 0.15) is 45.8 Å². The second kappa shape index (κ2) is 9.75. The van der Waals surface area contributed by atoms with Crippen molar-refractivity contribution in [3.63, 3.8) is 0 Å². The van der Waals surface area contributed by atoms with E-state index in [1.165, 1.54) is 0 Å². The molecule has 2 fully saturated rings. The van der Waals surface area contributed by atoms with Crippen molar-refractivity contribution in [1.29, 1.82) is 0 Å². The minimum atomic E-state index is 0.125. The van der Waals surface area contributed by atoms with Crippen LogP contribution < -0.4 is 0 Å². The third kappa shape index (κ3) is 4.93. The Morgan fingerprint density at radius 2 is 1.67 bits per heavy atom. The number of hydrogen-bond donors (Lipinski definition) is 0. The predicted octanol–water partition coefficient (Wildman–Crippen LogP) is 3.91. The molecule has 0 radical (unpaired) electrons. The van der Waals surface area contributed by atoms with Gasteiger partial charge in [-0.2, -0.15) is 0 Å². The smallest absolute Gasteiger partial charge is 0.263 e. The molecular weight excluding hydrogens is 396 g/mol. The van der Waals surface area contributed by atoms with Crippen LogP contribution in [0.2, 0.25) is 0 Å². The van der Waals surface area contributed by atoms with Gasteiger partial charge in [0.25, 0.3) is 5.91 Å². The van der Waals surface area contributed by atoms with E-state index < -0.39 is 0 Å². The summed E-state index contributed by atoms with van der Waals surface area (Å²) in [4.78, 5) is 32.2. The first-order chi connectivity index (χ1) is 14.6. The minimum absolute atomic E-state index is 0.125. The molecule has 0 atom stereocenters. The molecule has 0 spiro atoms. The molecule has 0 bridgehead atoms. The molecule has 0 unspecified atom stereocenters. The van der Waals surface area contributed by atoms with Crippen LogP contribution in [0, 0.1) is 6.92 Å². The summed E-state index contributed by atoms with van der Waals surface area (Å²) in [5.41, 5.74) is 1.06. The van der Waals surface area contributed by atoms with Gasteiger partial charge in [0, 0.05) is 43.3 Å². The Morgan fingerprint density at radius 3 is 2.30 bits per heavy atom. The standard InChI is InChI=1S/C24H30N2O3S/c1-18-7-8-22(30-18)24(28)25-13-9-20(10-14-25)26(21-11-15-29-16-12-21)23(27)17-19-5-3-2-4-6-19/h2-8,20-21H,9-17H2,1H3. The Morgan fingerprint density at radius 1 is 1.00 bits per heavy atom. The van der Waals surface area contributed by atoms with Crippen molar-refractivity contribution in [3.05, 3.63) is 57.8 Å². The molecule has 30 heavy (non-hydrogen) atoms. The molecule has 4 rings (SSSR count). The monoisotopic (exact) mass is 426 g/mol. The van der Waals surface area contributed by atoms with Crippen molar-refractivity contribution < 1.29 is 14.3 Å². The van der Waals surface area contributed by atoms with Gasteiger partial charge in [-0.3, -0.25) is 9.59 Å². The van der Waals surface area contributed by atoms with Crippen LogP contribution >= 0.6 is 11.3 Å². The maximum atomic E-state index is 13.4. The fourth-order valence-corrected chi connectivity index (χ4v) is 5.42. The van der Waals surface area contributed by atoms with Crippen molar-refractivity contribution in [2.45, 2.75) is 51.1 Å². The second-order valence-corrected chi connectivity index (χ2v) is 9.53. The quantitative estimate of drug-likeness (QED) is 0.728. The van der Waals surface area contributed by atoms with Crippen LogP contribution in [0.5, 0.6) is 0 Å². The molecule has 1 aromatic heterocycles. The number of nitrogens with zero attached hydrogens (tertiary/aromatic N) is 2. The Hall–Kier alpha value is -2.18. The number of aryl methyl sites for hydroxylation is 1. The highest BCUT2D eigenvalue weighted by Crippen LogP contribution is 2.26. The van der Waals surface area contributed by atoms with Gasteiger partial charge in [-0.25, -0.2) is 0 Å². The van der Waals surface area contributed by atoms with Crippen molar-refractivity contribution in [2.75, 3.05) is 26.3 Å². The summed E-state index contributed by atoms with van der Waals surface area (Å²) in [5.74, 6) is 0.325. The summed E-state index contributed by atoms with van der Waals surface area (Å²) in [6.45, 7) is 4.87. The van der Waals surface area contributed by atoms with Gasteiger partial charge in [0.05, 0.1) is 11.3 Å². The summed E-state index contributed by atoms with van der Waals surface area (Å²) in [6.07, 6.45) is 3.91. The number of amides is 2. The molecule has 2 amide bonds. The second-order valence-electron chi connectivity index (χ2n) is 8.24. The number of carbonyl (C=O) groups is 2. The van der Waals surface area contributed by atoms with Gasteiger partial charge in [0.2, 0.25) is 5.91 Å². The zero-order valence-electron chi connectivity index (χ0n) is 17.6. The average Bonchev–Trinajstić information content (AvgIpc) is 3.22. The van der Waals surface area contributed by atoms with Gasteiger partial charge in [0.15, 0.2) is 0 Å². The third-order valence-electron chi connectivity index (χ3n) is 6.17. The first-order valence-electron chi connectivity index (χ1n) is 10.9. The van der Waals surface area contributed by atoms with Gasteiger partial charge >= 0.3 is 0 Å². The van der Waals surface area contributed by atoms with Crippen molar-refractivity contribution in [3.8, 4) is 0 Å². The highest BCUT2D eigenvalue weighted by atomic mass is 32.1. The normalized spacial score (nSPS) is 18.4. The van der Waals surface area contributed by atoms with E-state index in [1.54, 1.807) is 11.3 Å². The van der Waals surface area contributed by atoms with E-state index in [1.807, 2.05) is 54.3 Å². The molecule has 160 valence electrons. The molecule has 5 nitrogen and oxygen atoms in total. The van der Waals surface area contributed by atoms with E-state index in [0.29, 0.717) is 19.5 Å². The zero-order valence-corrected chi connectivity index (χ0v) is 18.4. The number of benzene rings is 1. The third-order valence-corrected chi connectivity index (χ3v) is 7.16. The first kappa shape index (κ1) is 21.1. The summed E-state index contributed by atoms with van der Waals surface area (Å²) in [7, 11) is 0. The lowest BCUT2D eigenvalue weighted by molar-refractivity contribution is -0.139. The Kier molecular flexibility index (Phi) is 6.85. The Labute approximate surface area is 182 Å². The molecule has 0 N–H and O–H groups in total. The van der Waals surface area contributed by atoms with E-state index in [0.717, 1.165) is 54.2 Å². The lowest BCUT2D eigenvalue weighted by Gasteiger charge is -2.43. The lowest BCUT2D eigenvalue weighted by atomic mass is 9.96. The number of carbonyl (C=O) groups excluding carboxylic acids is 2. The molecule has 1 aromatic carbocycles. The maximum absolute atomic E-state index is 13.4. The van der Waals surface area contributed by atoms with Crippen molar-refractivity contribution >= 4 is 23.2 Å². The van der Waals surface area contributed by atoms with E-state index in [-0.39, 0.29) is 23.9 Å². The van der Waals surface area contributed by atoms with E-state index in [9.17, 15) is 9.59 Å². The van der Waals surface area contributed by atoms with Gasteiger partial charge in [-0.05, 0) is 50.3 Å². The van der Waals surface area contributed by atoms with E-state index in [2.05, 4.69) is 4.90 Å². The largest absolute Gasteiger partial charge is 0.381 e. The van der Waals surface area contributed by atoms with Crippen LogP contribution in [0.25, 0.3) is 0 Å². The lowest BCUT2D eigenvalue weighted by Crippen LogP contribution is -2.54. The average molecular weight is 427 g/mol. The fourth-order valence-electron chi connectivity index (χ4n) is 4.58. The highest BCUT2D eigenvalue weighted by molar-refractivity contribution is 7.13. The Balaban J connectivity index is 1.43. The molecule has 2 aliphatic rings. The van der Waals surface area contributed by atoms with Gasteiger partial charge in [-0.1, -0.05) is 30.3 Å². The van der Waals surface area contributed by atoms with E-state index in [4.69, 9.17) is 4.74 Å². The summed E-state index contributed by atoms with van der Waals surface area (Å²) < 4.78 is 5.55. The molecule has 2 aliphatic heterocycles. The number of rotatable bonds is 5. The van der Waals surface area contributed by atoms with Gasteiger partial charge in [0.1, 0.15) is 0 Å². The summed E-state index contributed by atoms with van der Waals surface area (Å²) in [6, 6.07) is 14.3. The molecule has 2 aromatic rings. The van der Waals surface area contributed by atoms with Crippen LogP contribution in [0.3, 0.4) is 0 Å². The van der Waals surface area contributed by atoms with Gasteiger partial charge in [-0.15, -0.1) is 11.3 Å². The molecule has 0 aliphatic carbocycles. The summed E-state index contributed by atoms with van der Waals surface area (Å²) >= 11 is 1.56. The zero-order chi connectivity index (χ0) is 20.9. The molecule has 0 saturated carbocycles. The highest BCUT2D eigenvalue weighted by Gasteiger charge is 2.35. The molecular formula is C24H30N2O3S. The van der Waals surface area contributed by atoms with Crippen molar-refractivity contribution in [1.82, 2.24) is 9.80 Å². The number of thiophene rings is 1. The molecule has 6 heteroatoms. The maximum Gasteiger partial charge on any atom is 0.263 e. The first-order valence-corrected chi connectivity index (χ1v) is 11.7. The van der Waals surface area contributed by atoms with Crippen LogP contribution in [0.15, 0.2) is 42.5 Å². The number of hydrogen-bond acceptors (Lipinski definition) is 4. The van der Waals surface area contributed by atoms with E-state index >= 15 is 0 Å². The Bertz CT molecular complexity index is 852. The number of likely N-dealkylation sites (tertiary alicyclic amines) is 1. The summed E-state index contributed by atoms with van der Waals surface area (Å²) in [5, 5.41) is 0. The van der Waals surface area contributed by atoms with Crippen LogP contribution in [-0.2, 0) is 16.0 Å². The predicted molar refractivity (Wildman–Crippen MR) is 119 cm³/mol. The topological polar surface area (TPSA) is 49.9 Å². The SMILES string of the molecule is Cc1ccc(C(=O)N2CCC(N(C(=O)Cc3ccccc3)C3CCOCC3)CC2)s1. The minimum Gasteiger partial charge on any atom is -0.381 e. The van der Waals surface area contributed by atoms with Crippen molar-refractivity contribution in [2.24, 2.45) is 0 Å².